The summed E-state index contributed by atoms with van der Waals surface area (Å²) in [5, 5.41) is 6.83. The van der Waals surface area contributed by atoms with Crippen molar-refractivity contribution in [1.82, 2.24) is 10.6 Å². The third-order valence-corrected chi connectivity index (χ3v) is 2.61. The number of hydrogen-bond donors (Lipinski definition) is 2. The van der Waals surface area contributed by atoms with E-state index in [2.05, 4.69) is 24.5 Å². The zero-order valence-corrected chi connectivity index (χ0v) is 7.91. The Morgan fingerprint density at radius 3 is 2.36 bits per heavy atom. The Morgan fingerprint density at radius 2 is 2.00 bits per heavy atom. The summed E-state index contributed by atoms with van der Waals surface area (Å²) < 4.78 is 0. The van der Waals surface area contributed by atoms with Crippen LogP contribution in [0.1, 0.15) is 33.1 Å². The monoisotopic (exact) mass is 156 g/mol. The molecule has 1 aliphatic rings. The first-order valence-corrected chi connectivity index (χ1v) is 4.56. The Kier molecular flexibility index (Phi) is 2.90. The molecule has 1 aliphatic carbocycles. The molecule has 0 aromatic heterocycles. The average molecular weight is 156 g/mol. The Morgan fingerprint density at radius 1 is 1.36 bits per heavy atom. The third-order valence-electron chi connectivity index (χ3n) is 2.61. The van der Waals surface area contributed by atoms with E-state index in [4.69, 9.17) is 0 Å². The summed E-state index contributed by atoms with van der Waals surface area (Å²) in [6.07, 6.45) is 4.16. The fourth-order valence-electron chi connectivity index (χ4n) is 1.10. The van der Waals surface area contributed by atoms with E-state index in [1.807, 2.05) is 7.05 Å². The highest BCUT2D eigenvalue weighted by Crippen LogP contribution is 2.18. The predicted octanol–water partition coefficient (Wildman–Crippen LogP) is 1.13. The van der Waals surface area contributed by atoms with Crippen LogP contribution < -0.4 is 10.6 Å². The van der Waals surface area contributed by atoms with Gasteiger partial charge in [-0.25, -0.2) is 0 Å². The molecule has 0 aromatic rings. The van der Waals surface area contributed by atoms with E-state index in [0.29, 0.717) is 0 Å². The molecule has 0 spiro atoms. The van der Waals surface area contributed by atoms with Crippen molar-refractivity contribution in [1.29, 1.82) is 0 Å². The van der Waals surface area contributed by atoms with Gasteiger partial charge < -0.3 is 10.6 Å². The van der Waals surface area contributed by atoms with Crippen LogP contribution in [0.4, 0.5) is 0 Å². The van der Waals surface area contributed by atoms with Gasteiger partial charge in [0.1, 0.15) is 0 Å². The molecule has 2 heteroatoms. The fraction of sp³-hybridized carbons (Fsp3) is 1.00. The minimum absolute atomic E-state index is 0.246. The van der Waals surface area contributed by atoms with Crippen LogP contribution in [0.5, 0.6) is 0 Å². The maximum absolute atomic E-state index is 3.55. The van der Waals surface area contributed by atoms with Gasteiger partial charge in [-0.15, -0.1) is 0 Å². The summed E-state index contributed by atoms with van der Waals surface area (Å²) in [7, 11) is 2.02. The summed E-state index contributed by atoms with van der Waals surface area (Å²) >= 11 is 0. The smallest absolute Gasteiger partial charge is 0.0246 e. The maximum atomic E-state index is 3.55. The van der Waals surface area contributed by atoms with Crippen molar-refractivity contribution < 1.29 is 0 Å². The standard InChI is InChI=1S/C9H20N2/c1-9(2,10-3)7-11-8-5-4-6-8/h8,10-11H,4-7H2,1-3H3. The minimum Gasteiger partial charge on any atom is -0.314 e. The van der Waals surface area contributed by atoms with Crippen LogP contribution >= 0.6 is 0 Å². The second-order valence-electron chi connectivity index (χ2n) is 4.14. The fourth-order valence-corrected chi connectivity index (χ4v) is 1.10. The van der Waals surface area contributed by atoms with Crippen molar-refractivity contribution in [3.05, 3.63) is 0 Å². The molecule has 0 aliphatic heterocycles. The van der Waals surface area contributed by atoms with E-state index in [0.717, 1.165) is 12.6 Å². The Balaban J connectivity index is 2.09. The lowest BCUT2D eigenvalue weighted by Crippen LogP contribution is -2.49. The van der Waals surface area contributed by atoms with Gasteiger partial charge in [-0.2, -0.15) is 0 Å². The van der Waals surface area contributed by atoms with Crippen molar-refractivity contribution in [2.75, 3.05) is 13.6 Å². The molecule has 1 rings (SSSR count). The molecule has 2 nitrogen and oxygen atoms in total. The van der Waals surface area contributed by atoms with Crippen LogP contribution in [0.25, 0.3) is 0 Å². The highest BCUT2D eigenvalue weighted by Gasteiger charge is 2.20. The Labute approximate surface area is 69.8 Å². The van der Waals surface area contributed by atoms with Gasteiger partial charge in [0, 0.05) is 18.1 Å². The van der Waals surface area contributed by atoms with E-state index in [1.54, 1.807) is 0 Å². The van der Waals surface area contributed by atoms with Crippen LogP contribution in [-0.4, -0.2) is 25.2 Å². The topological polar surface area (TPSA) is 24.1 Å². The molecule has 0 atom stereocenters. The molecular formula is C9H20N2. The zero-order valence-electron chi connectivity index (χ0n) is 7.91. The molecular weight excluding hydrogens is 136 g/mol. The predicted molar refractivity (Wildman–Crippen MR) is 48.8 cm³/mol. The molecule has 1 saturated carbocycles. The van der Waals surface area contributed by atoms with Crippen LogP contribution in [0, 0.1) is 0 Å². The van der Waals surface area contributed by atoms with Crippen molar-refractivity contribution in [3.8, 4) is 0 Å². The number of rotatable bonds is 4. The van der Waals surface area contributed by atoms with E-state index < -0.39 is 0 Å². The minimum atomic E-state index is 0.246. The summed E-state index contributed by atoms with van der Waals surface area (Å²) in [6.45, 7) is 5.52. The SMILES string of the molecule is CNC(C)(C)CNC1CCC1. The largest absolute Gasteiger partial charge is 0.314 e. The van der Waals surface area contributed by atoms with Crippen LogP contribution in [0.15, 0.2) is 0 Å². The van der Waals surface area contributed by atoms with Gasteiger partial charge >= 0.3 is 0 Å². The summed E-state index contributed by atoms with van der Waals surface area (Å²) in [4.78, 5) is 0. The van der Waals surface area contributed by atoms with Crippen molar-refractivity contribution in [2.24, 2.45) is 0 Å². The normalized spacial score (nSPS) is 19.9. The molecule has 0 heterocycles. The average Bonchev–Trinajstić information content (AvgIpc) is 1.84. The van der Waals surface area contributed by atoms with E-state index in [1.165, 1.54) is 19.3 Å². The Hall–Kier alpha value is -0.0800. The van der Waals surface area contributed by atoms with Gasteiger partial charge in [0.25, 0.3) is 0 Å². The molecule has 11 heavy (non-hydrogen) atoms. The van der Waals surface area contributed by atoms with Gasteiger partial charge in [0.15, 0.2) is 0 Å². The first-order valence-electron chi connectivity index (χ1n) is 4.56. The molecule has 0 bridgehead atoms. The summed E-state index contributed by atoms with van der Waals surface area (Å²) in [5.41, 5.74) is 0.246. The van der Waals surface area contributed by atoms with Gasteiger partial charge in [-0.1, -0.05) is 6.42 Å². The molecule has 1 fully saturated rings. The number of nitrogens with one attached hydrogen (secondary N) is 2. The van der Waals surface area contributed by atoms with E-state index in [9.17, 15) is 0 Å². The molecule has 66 valence electrons. The highest BCUT2D eigenvalue weighted by atomic mass is 15.0. The maximum Gasteiger partial charge on any atom is 0.0246 e. The molecule has 0 saturated heterocycles. The van der Waals surface area contributed by atoms with Crippen molar-refractivity contribution in [2.45, 2.75) is 44.7 Å². The van der Waals surface area contributed by atoms with Gasteiger partial charge in [0.2, 0.25) is 0 Å². The third kappa shape index (κ3) is 2.80. The van der Waals surface area contributed by atoms with Gasteiger partial charge in [-0.3, -0.25) is 0 Å². The lowest BCUT2D eigenvalue weighted by Gasteiger charge is -2.32. The molecule has 0 aromatic carbocycles. The van der Waals surface area contributed by atoms with Crippen molar-refractivity contribution >= 4 is 0 Å². The van der Waals surface area contributed by atoms with Crippen LogP contribution in [0.3, 0.4) is 0 Å². The lowest BCUT2D eigenvalue weighted by atomic mass is 9.92. The van der Waals surface area contributed by atoms with Crippen molar-refractivity contribution in [3.63, 3.8) is 0 Å². The summed E-state index contributed by atoms with van der Waals surface area (Å²) in [5.74, 6) is 0. The molecule has 2 N–H and O–H groups in total. The Bertz CT molecular complexity index is 117. The van der Waals surface area contributed by atoms with Crippen LogP contribution in [0.2, 0.25) is 0 Å². The summed E-state index contributed by atoms with van der Waals surface area (Å²) in [6, 6.07) is 0.808. The molecule has 0 amide bonds. The molecule has 0 unspecified atom stereocenters. The molecule has 0 radical (unpaired) electrons. The van der Waals surface area contributed by atoms with Gasteiger partial charge in [0.05, 0.1) is 0 Å². The highest BCUT2D eigenvalue weighted by molar-refractivity contribution is 4.83. The first kappa shape index (κ1) is 9.01. The second kappa shape index (κ2) is 3.55. The number of hydrogen-bond acceptors (Lipinski definition) is 2. The number of likely N-dealkylation sites (N-methyl/N-ethyl adjacent to an activating group) is 1. The quantitative estimate of drug-likeness (QED) is 0.637. The van der Waals surface area contributed by atoms with E-state index in [-0.39, 0.29) is 5.54 Å². The van der Waals surface area contributed by atoms with E-state index >= 15 is 0 Å². The first-order chi connectivity index (χ1) is 5.14. The van der Waals surface area contributed by atoms with Gasteiger partial charge in [-0.05, 0) is 33.7 Å². The second-order valence-corrected chi connectivity index (χ2v) is 4.14. The van der Waals surface area contributed by atoms with Crippen LogP contribution in [-0.2, 0) is 0 Å². The zero-order chi connectivity index (χ0) is 8.32. The lowest BCUT2D eigenvalue weighted by molar-refractivity contribution is 0.294.